The fourth-order valence-corrected chi connectivity index (χ4v) is 5.49. The summed E-state index contributed by atoms with van der Waals surface area (Å²) >= 11 is 1.53. The van der Waals surface area contributed by atoms with Gasteiger partial charge in [-0.1, -0.05) is 19.8 Å². The highest BCUT2D eigenvalue weighted by molar-refractivity contribution is 7.89. The van der Waals surface area contributed by atoms with E-state index in [2.05, 4.69) is 17.0 Å². The molecule has 2 atom stereocenters. The molecule has 21 heavy (non-hydrogen) atoms. The minimum Gasteiger partial charge on any atom is -0.309 e. The molecule has 0 bridgehead atoms. The summed E-state index contributed by atoms with van der Waals surface area (Å²) in [4.78, 5) is 1.52. The average molecular weight is 329 g/mol. The normalized spacial score (nSPS) is 26.9. The largest absolute Gasteiger partial charge is 0.309 e. The number of rotatable bonds is 6. The smallest absolute Gasteiger partial charge is 0.241 e. The van der Waals surface area contributed by atoms with Crippen LogP contribution in [0.5, 0.6) is 0 Å². The van der Waals surface area contributed by atoms with Gasteiger partial charge in [0.15, 0.2) is 0 Å². The second-order valence-electron chi connectivity index (χ2n) is 6.39. The maximum absolute atomic E-state index is 12.5. The molecule has 1 aromatic rings. The summed E-state index contributed by atoms with van der Waals surface area (Å²) in [6.07, 6.45) is 6.91. The van der Waals surface area contributed by atoms with Crippen molar-refractivity contribution in [1.82, 2.24) is 10.0 Å². The third kappa shape index (κ3) is 4.06. The Morgan fingerprint density at radius 1 is 1.24 bits per heavy atom. The molecular weight excluding hydrogens is 304 g/mol. The zero-order valence-electron chi connectivity index (χ0n) is 12.5. The van der Waals surface area contributed by atoms with E-state index in [1.165, 1.54) is 30.6 Å². The van der Waals surface area contributed by atoms with Crippen molar-refractivity contribution in [2.75, 3.05) is 0 Å². The predicted molar refractivity (Wildman–Crippen MR) is 85.9 cm³/mol. The molecule has 0 aromatic carbocycles. The molecule has 118 valence electrons. The molecule has 0 aliphatic heterocycles. The van der Waals surface area contributed by atoms with Gasteiger partial charge in [0.25, 0.3) is 0 Å². The van der Waals surface area contributed by atoms with Crippen molar-refractivity contribution in [3.05, 3.63) is 16.3 Å². The quantitative estimate of drug-likeness (QED) is 0.844. The lowest BCUT2D eigenvalue weighted by atomic mass is 9.87. The number of hydrogen-bond donors (Lipinski definition) is 2. The topological polar surface area (TPSA) is 58.2 Å². The van der Waals surface area contributed by atoms with Crippen molar-refractivity contribution >= 4 is 21.4 Å². The fourth-order valence-electron chi connectivity index (χ4n) is 2.89. The number of thiophene rings is 1. The zero-order chi connectivity index (χ0) is 14.9. The van der Waals surface area contributed by atoms with E-state index >= 15 is 0 Å². The van der Waals surface area contributed by atoms with Crippen LogP contribution in [0.4, 0.5) is 0 Å². The molecule has 0 amide bonds. The molecule has 2 aliphatic carbocycles. The second kappa shape index (κ2) is 6.36. The van der Waals surface area contributed by atoms with E-state index < -0.39 is 10.0 Å². The van der Waals surface area contributed by atoms with Crippen LogP contribution < -0.4 is 10.0 Å². The van der Waals surface area contributed by atoms with E-state index in [1.807, 2.05) is 6.07 Å². The summed E-state index contributed by atoms with van der Waals surface area (Å²) < 4.78 is 27.9. The van der Waals surface area contributed by atoms with Crippen molar-refractivity contribution in [2.24, 2.45) is 5.92 Å². The monoisotopic (exact) mass is 328 g/mol. The molecular formula is C15H24N2O2S2. The number of nitrogens with one attached hydrogen (secondary N) is 2. The van der Waals surface area contributed by atoms with E-state index in [4.69, 9.17) is 0 Å². The van der Waals surface area contributed by atoms with Crippen LogP contribution in [0.2, 0.25) is 0 Å². The van der Waals surface area contributed by atoms with Crippen molar-refractivity contribution in [2.45, 2.75) is 69.0 Å². The minimum absolute atomic E-state index is 0.0942. The maximum Gasteiger partial charge on any atom is 0.241 e. The minimum atomic E-state index is -3.36. The highest BCUT2D eigenvalue weighted by Gasteiger charge is 2.27. The molecule has 2 saturated carbocycles. The van der Waals surface area contributed by atoms with Crippen LogP contribution in [0.1, 0.15) is 50.3 Å². The Bertz CT molecular complexity index is 578. The Hall–Kier alpha value is -0.430. The maximum atomic E-state index is 12.5. The third-order valence-corrected chi connectivity index (χ3v) is 7.06. The van der Waals surface area contributed by atoms with Crippen molar-refractivity contribution in [1.29, 1.82) is 0 Å². The van der Waals surface area contributed by atoms with E-state index in [0.29, 0.717) is 16.9 Å². The molecule has 4 nitrogen and oxygen atoms in total. The lowest BCUT2D eigenvalue weighted by Gasteiger charge is -2.29. The van der Waals surface area contributed by atoms with Gasteiger partial charge in [-0.05, 0) is 37.7 Å². The second-order valence-corrected chi connectivity index (χ2v) is 9.10. The lowest BCUT2D eigenvalue weighted by molar-refractivity contribution is 0.310. The molecule has 3 rings (SSSR count). The Balaban J connectivity index is 1.63. The first-order valence-corrected chi connectivity index (χ1v) is 10.2. The molecule has 0 spiro atoms. The van der Waals surface area contributed by atoms with Gasteiger partial charge in [0.1, 0.15) is 0 Å². The van der Waals surface area contributed by atoms with Crippen LogP contribution in [-0.4, -0.2) is 20.5 Å². The molecule has 1 aromatic heterocycles. The molecule has 0 saturated heterocycles. The Labute approximate surface area is 131 Å². The van der Waals surface area contributed by atoms with Crippen LogP contribution in [0.15, 0.2) is 16.3 Å². The lowest BCUT2D eigenvalue weighted by Crippen LogP contribution is -2.40. The number of hydrogen-bond acceptors (Lipinski definition) is 4. The third-order valence-electron chi connectivity index (χ3n) is 4.50. The predicted octanol–water partition coefficient (Wildman–Crippen LogP) is 2.86. The summed E-state index contributed by atoms with van der Waals surface area (Å²) in [6.45, 7) is 2.93. The van der Waals surface area contributed by atoms with Crippen LogP contribution in [0.3, 0.4) is 0 Å². The van der Waals surface area contributed by atoms with Gasteiger partial charge in [0.05, 0.1) is 4.90 Å². The van der Waals surface area contributed by atoms with Gasteiger partial charge in [-0.25, -0.2) is 13.1 Å². The summed E-state index contributed by atoms with van der Waals surface area (Å²) in [7, 11) is -3.36. The fraction of sp³-hybridized carbons (Fsp3) is 0.733. The van der Waals surface area contributed by atoms with Crippen molar-refractivity contribution in [3.63, 3.8) is 0 Å². The first-order valence-electron chi connectivity index (χ1n) is 7.88. The number of sulfonamides is 1. The molecule has 6 heteroatoms. The van der Waals surface area contributed by atoms with Gasteiger partial charge < -0.3 is 5.32 Å². The first kappa shape index (κ1) is 15.5. The zero-order valence-corrected chi connectivity index (χ0v) is 14.1. The molecule has 2 fully saturated rings. The van der Waals surface area contributed by atoms with Crippen molar-refractivity contribution < 1.29 is 8.42 Å². The summed E-state index contributed by atoms with van der Waals surface area (Å²) in [5.41, 5.74) is 0. The molecule has 0 radical (unpaired) electrons. The molecule has 2 unspecified atom stereocenters. The van der Waals surface area contributed by atoms with E-state index in [1.54, 1.807) is 5.38 Å². The van der Waals surface area contributed by atoms with Crippen LogP contribution in [-0.2, 0) is 16.6 Å². The summed E-state index contributed by atoms with van der Waals surface area (Å²) in [5.74, 6) is 0.433. The average Bonchev–Trinajstić information content (AvgIpc) is 3.15. The van der Waals surface area contributed by atoms with E-state index in [-0.39, 0.29) is 6.04 Å². The van der Waals surface area contributed by atoms with Crippen LogP contribution in [0.25, 0.3) is 0 Å². The van der Waals surface area contributed by atoms with Gasteiger partial charge >= 0.3 is 0 Å². The van der Waals surface area contributed by atoms with Crippen molar-refractivity contribution in [3.8, 4) is 0 Å². The van der Waals surface area contributed by atoms with Crippen LogP contribution >= 0.6 is 11.3 Å². The van der Waals surface area contributed by atoms with Gasteiger partial charge in [-0.3, -0.25) is 0 Å². The standard InChI is InChI=1S/C15H24N2O2S2/c1-11-4-2-3-5-15(11)17-21(18,19)14-8-13(20-10-14)9-16-12-6-7-12/h8,10-12,15-17H,2-7,9H2,1H3. The van der Waals surface area contributed by atoms with Gasteiger partial charge in [-0.15, -0.1) is 11.3 Å². The summed E-state index contributed by atoms with van der Waals surface area (Å²) in [6, 6.07) is 2.56. The van der Waals surface area contributed by atoms with Gasteiger partial charge in [-0.2, -0.15) is 0 Å². The molecule has 1 heterocycles. The van der Waals surface area contributed by atoms with E-state index in [9.17, 15) is 8.42 Å². The van der Waals surface area contributed by atoms with Crippen LogP contribution in [0, 0.1) is 5.92 Å². The van der Waals surface area contributed by atoms with E-state index in [0.717, 1.165) is 30.7 Å². The first-order chi connectivity index (χ1) is 10.0. The highest BCUT2D eigenvalue weighted by atomic mass is 32.2. The Morgan fingerprint density at radius 2 is 2.00 bits per heavy atom. The van der Waals surface area contributed by atoms with Gasteiger partial charge in [0, 0.05) is 28.9 Å². The SMILES string of the molecule is CC1CCCCC1NS(=O)(=O)c1csc(CNC2CC2)c1. The Kier molecular flexibility index (Phi) is 4.69. The summed E-state index contributed by atoms with van der Waals surface area (Å²) in [5, 5.41) is 5.18. The molecule has 2 N–H and O–H groups in total. The van der Waals surface area contributed by atoms with Gasteiger partial charge in [0.2, 0.25) is 10.0 Å². The molecule has 2 aliphatic rings. The Morgan fingerprint density at radius 3 is 2.71 bits per heavy atom. The highest BCUT2D eigenvalue weighted by Crippen LogP contribution is 2.27.